The molecule has 6 nitrogen and oxygen atoms in total. The van der Waals surface area contributed by atoms with Crippen molar-refractivity contribution in [2.45, 2.75) is 11.3 Å². The molecule has 1 aliphatic rings. The molecular weight excluding hydrogens is 400 g/mol. The number of hydrogen-bond acceptors (Lipinski definition) is 4. The van der Waals surface area contributed by atoms with Crippen molar-refractivity contribution < 1.29 is 17.6 Å². The molecule has 0 atom stereocenters. The minimum Gasteiger partial charge on any atom is -0.459 e. The number of benzene rings is 3. The Labute approximate surface area is 173 Å². The minimum absolute atomic E-state index is 0.213. The number of carbonyl (C=O) groups excluding carboxylic acids is 1. The molecule has 2 heterocycles. The zero-order chi connectivity index (χ0) is 20.7. The van der Waals surface area contributed by atoms with E-state index in [9.17, 15) is 13.2 Å². The first-order valence-corrected chi connectivity index (χ1v) is 11.0. The zero-order valence-electron chi connectivity index (χ0n) is 15.9. The Balaban J connectivity index is 1.49. The lowest BCUT2D eigenvalue weighted by Crippen LogP contribution is -2.28. The van der Waals surface area contributed by atoms with Crippen LogP contribution in [-0.2, 0) is 16.4 Å². The Hall–Kier alpha value is -3.58. The lowest BCUT2D eigenvalue weighted by atomic mass is 10.1. The molecule has 0 fully saturated rings. The summed E-state index contributed by atoms with van der Waals surface area (Å²) >= 11 is 0. The average Bonchev–Trinajstić information content (AvgIpc) is 3.42. The van der Waals surface area contributed by atoms with Crippen LogP contribution in [0, 0.1) is 0 Å². The van der Waals surface area contributed by atoms with Gasteiger partial charge in [0.05, 0.1) is 16.8 Å². The summed E-state index contributed by atoms with van der Waals surface area (Å²) < 4.78 is 34.1. The lowest BCUT2D eigenvalue weighted by Gasteiger charge is -2.17. The van der Waals surface area contributed by atoms with Gasteiger partial charge < -0.3 is 9.32 Å². The highest BCUT2D eigenvalue weighted by atomic mass is 32.2. The van der Waals surface area contributed by atoms with E-state index < -0.39 is 10.0 Å². The van der Waals surface area contributed by atoms with Crippen LogP contribution in [0.25, 0.3) is 10.8 Å². The van der Waals surface area contributed by atoms with Gasteiger partial charge in [0.2, 0.25) is 0 Å². The molecule has 0 unspecified atom stereocenters. The van der Waals surface area contributed by atoms with E-state index >= 15 is 0 Å². The second kappa shape index (κ2) is 7.03. The lowest BCUT2D eigenvalue weighted by molar-refractivity contribution is 0.0963. The van der Waals surface area contributed by atoms with Gasteiger partial charge in [-0.2, -0.15) is 0 Å². The maximum absolute atomic E-state index is 13.1. The van der Waals surface area contributed by atoms with Crippen LogP contribution in [0.4, 0.5) is 11.4 Å². The standard InChI is InChI=1S/C23H18N2O4S/c26-23(21-8-4-14-29-21)25-13-12-17-10-11-18(15-20(17)25)24-30(27,28)22-9-3-6-16-5-1-2-7-19(16)22/h1-11,14-15,24H,12-13H2. The van der Waals surface area contributed by atoms with Crippen molar-refractivity contribution >= 4 is 38.1 Å². The van der Waals surface area contributed by atoms with Gasteiger partial charge in [-0.15, -0.1) is 0 Å². The van der Waals surface area contributed by atoms with E-state index in [2.05, 4.69) is 4.72 Å². The molecule has 0 bridgehead atoms. The molecule has 1 N–H and O–H groups in total. The van der Waals surface area contributed by atoms with E-state index in [0.717, 1.165) is 10.9 Å². The van der Waals surface area contributed by atoms with Crippen LogP contribution in [0.5, 0.6) is 0 Å². The predicted molar refractivity (Wildman–Crippen MR) is 115 cm³/mol. The van der Waals surface area contributed by atoms with Gasteiger partial charge >= 0.3 is 0 Å². The first kappa shape index (κ1) is 18.4. The van der Waals surface area contributed by atoms with Gasteiger partial charge in [0.15, 0.2) is 5.76 Å². The van der Waals surface area contributed by atoms with E-state index in [-0.39, 0.29) is 16.6 Å². The summed E-state index contributed by atoms with van der Waals surface area (Å²) in [4.78, 5) is 14.6. The third-order valence-corrected chi connectivity index (χ3v) is 6.69. The number of nitrogens with one attached hydrogen (secondary N) is 1. The highest BCUT2D eigenvalue weighted by molar-refractivity contribution is 7.93. The molecule has 1 aromatic heterocycles. The maximum Gasteiger partial charge on any atom is 0.293 e. The molecule has 0 saturated carbocycles. The highest BCUT2D eigenvalue weighted by Gasteiger charge is 2.28. The van der Waals surface area contributed by atoms with Gasteiger partial charge in [0.25, 0.3) is 15.9 Å². The number of carbonyl (C=O) groups is 1. The quantitative estimate of drug-likeness (QED) is 0.531. The van der Waals surface area contributed by atoms with Crippen molar-refractivity contribution in [3.8, 4) is 0 Å². The number of rotatable bonds is 4. The number of hydrogen-bond donors (Lipinski definition) is 1. The van der Waals surface area contributed by atoms with Gasteiger partial charge in [-0.3, -0.25) is 9.52 Å². The summed E-state index contributed by atoms with van der Waals surface area (Å²) in [6.07, 6.45) is 2.16. The number of amides is 1. The molecule has 0 spiro atoms. The average molecular weight is 418 g/mol. The first-order valence-electron chi connectivity index (χ1n) is 9.52. The van der Waals surface area contributed by atoms with Crippen molar-refractivity contribution in [3.05, 3.63) is 90.4 Å². The summed E-state index contributed by atoms with van der Waals surface area (Å²) in [7, 11) is -3.81. The van der Waals surface area contributed by atoms with E-state index in [4.69, 9.17) is 4.42 Å². The molecular formula is C23H18N2O4S. The fraction of sp³-hybridized carbons (Fsp3) is 0.0870. The molecule has 0 saturated heterocycles. The van der Waals surface area contributed by atoms with E-state index in [1.165, 1.54) is 6.26 Å². The molecule has 1 amide bonds. The SMILES string of the molecule is O=C(c1ccco1)N1CCc2ccc(NS(=O)(=O)c3cccc4ccccc34)cc21. The number of fused-ring (bicyclic) bond motifs is 2. The normalized spacial score (nSPS) is 13.4. The first-order chi connectivity index (χ1) is 14.5. The van der Waals surface area contributed by atoms with Gasteiger partial charge in [-0.1, -0.05) is 42.5 Å². The monoisotopic (exact) mass is 418 g/mol. The molecule has 5 rings (SSSR count). The summed E-state index contributed by atoms with van der Waals surface area (Å²) in [5.41, 5.74) is 2.08. The number of anilines is 2. The van der Waals surface area contributed by atoms with Gasteiger partial charge in [0, 0.05) is 17.6 Å². The third-order valence-electron chi connectivity index (χ3n) is 5.25. The van der Waals surface area contributed by atoms with Crippen molar-refractivity contribution in [2.75, 3.05) is 16.2 Å². The van der Waals surface area contributed by atoms with E-state index in [0.29, 0.717) is 29.7 Å². The molecule has 0 aliphatic carbocycles. The Kier molecular flexibility index (Phi) is 4.33. The van der Waals surface area contributed by atoms with Crippen molar-refractivity contribution in [3.63, 3.8) is 0 Å². The second-order valence-corrected chi connectivity index (χ2v) is 8.76. The Bertz CT molecular complexity index is 1360. The molecule has 4 aromatic rings. The van der Waals surface area contributed by atoms with Gasteiger partial charge in [-0.05, 0) is 47.7 Å². The molecule has 0 radical (unpaired) electrons. The van der Waals surface area contributed by atoms with Crippen molar-refractivity contribution in [2.24, 2.45) is 0 Å². The Morgan fingerprint density at radius 3 is 2.63 bits per heavy atom. The minimum atomic E-state index is -3.81. The molecule has 7 heteroatoms. The van der Waals surface area contributed by atoms with Crippen molar-refractivity contribution in [1.82, 2.24) is 0 Å². The van der Waals surface area contributed by atoms with Crippen LogP contribution < -0.4 is 9.62 Å². The van der Waals surface area contributed by atoms with Gasteiger partial charge in [-0.25, -0.2) is 8.42 Å². The topological polar surface area (TPSA) is 79.6 Å². The molecule has 1 aliphatic heterocycles. The molecule has 150 valence electrons. The summed E-state index contributed by atoms with van der Waals surface area (Å²) in [6, 6.07) is 21.1. The maximum atomic E-state index is 13.1. The number of nitrogens with zero attached hydrogens (tertiary/aromatic N) is 1. The zero-order valence-corrected chi connectivity index (χ0v) is 16.7. The van der Waals surface area contributed by atoms with E-state index in [1.807, 2.05) is 30.3 Å². The van der Waals surface area contributed by atoms with Crippen LogP contribution in [0.3, 0.4) is 0 Å². The second-order valence-electron chi connectivity index (χ2n) is 7.11. The Morgan fingerprint density at radius 2 is 1.80 bits per heavy atom. The molecule has 30 heavy (non-hydrogen) atoms. The van der Waals surface area contributed by atoms with Crippen LogP contribution in [0.15, 0.2) is 88.4 Å². The van der Waals surface area contributed by atoms with Crippen LogP contribution in [0.2, 0.25) is 0 Å². The Morgan fingerprint density at radius 1 is 0.967 bits per heavy atom. The van der Waals surface area contributed by atoms with Crippen LogP contribution in [-0.4, -0.2) is 20.9 Å². The van der Waals surface area contributed by atoms with Crippen molar-refractivity contribution in [1.29, 1.82) is 0 Å². The summed E-state index contributed by atoms with van der Waals surface area (Å²) in [5.74, 6) is 0.0115. The summed E-state index contributed by atoms with van der Waals surface area (Å²) in [6.45, 7) is 0.522. The number of furan rings is 1. The molecule has 3 aromatic carbocycles. The fourth-order valence-electron chi connectivity index (χ4n) is 3.83. The smallest absolute Gasteiger partial charge is 0.293 e. The third kappa shape index (κ3) is 3.13. The van der Waals surface area contributed by atoms with Crippen LogP contribution in [0.1, 0.15) is 16.1 Å². The highest BCUT2D eigenvalue weighted by Crippen LogP contribution is 2.33. The van der Waals surface area contributed by atoms with Gasteiger partial charge in [0.1, 0.15) is 0 Å². The fourth-order valence-corrected chi connectivity index (χ4v) is 5.11. The predicted octanol–water partition coefficient (Wildman–Crippen LogP) is 4.44. The van der Waals surface area contributed by atoms with E-state index in [1.54, 1.807) is 47.4 Å². The van der Waals surface area contributed by atoms with Crippen LogP contribution >= 0.6 is 0 Å². The largest absolute Gasteiger partial charge is 0.459 e. The number of sulfonamides is 1. The summed E-state index contributed by atoms with van der Waals surface area (Å²) in [5, 5.41) is 1.51.